The fourth-order valence-electron chi connectivity index (χ4n) is 2.49. The second kappa shape index (κ2) is 11.8. The number of benzene rings is 1. The average molecular weight is 496 g/mol. The number of aromatic nitrogens is 1. The van der Waals surface area contributed by atoms with Crippen molar-refractivity contribution in [2.75, 3.05) is 13.1 Å². The lowest BCUT2D eigenvalue weighted by Gasteiger charge is -2.12. The Morgan fingerprint density at radius 1 is 1.07 bits per heavy atom. The summed E-state index contributed by atoms with van der Waals surface area (Å²) in [5.41, 5.74) is 1.19. The van der Waals surface area contributed by atoms with Crippen LogP contribution < -0.4 is 10.6 Å². The summed E-state index contributed by atoms with van der Waals surface area (Å²) in [5.74, 6) is 1.78. The molecule has 2 heterocycles. The minimum atomic E-state index is 0. The van der Waals surface area contributed by atoms with Crippen molar-refractivity contribution in [2.45, 2.75) is 26.3 Å². The first-order chi connectivity index (χ1) is 12.8. The van der Waals surface area contributed by atoms with Crippen LogP contribution in [0.4, 0.5) is 0 Å². The molecule has 1 aromatic carbocycles. The van der Waals surface area contributed by atoms with Crippen LogP contribution in [-0.4, -0.2) is 24.0 Å². The molecule has 27 heavy (non-hydrogen) atoms. The van der Waals surface area contributed by atoms with E-state index in [0.29, 0.717) is 6.54 Å². The third-order valence-corrected chi connectivity index (χ3v) is 4.78. The van der Waals surface area contributed by atoms with Gasteiger partial charge >= 0.3 is 0 Å². The Kier molecular flexibility index (Phi) is 9.34. The SMILES string of the molecule is Cc1cnc(CCNC(=NCc2ccccc2)NCCc2ccco2)s1.I. The number of nitrogens with one attached hydrogen (secondary N) is 2. The Morgan fingerprint density at radius 3 is 2.52 bits per heavy atom. The lowest BCUT2D eigenvalue weighted by Crippen LogP contribution is -2.39. The van der Waals surface area contributed by atoms with Crippen LogP contribution in [0.2, 0.25) is 0 Å². The van der Waals surface area contributed by atoms with E-state index in [1.54, 1.807) is 17.6 Å². The van der Waals surface area contributed by atoms with E-state index in [1.807, 2.05) is 36.5 Å². The van der Waals surface area contributed by atoms with Crippen molar-refractivity contribution in [3.63, 3.8) is 0 Å². The molecule has 3 aromatic rings. The number of aliphatic imine (C=N–C) groups is 1. The fraction of sp³-hybridized carbons (Fsp3) is 0.300. The molecule has 2 N–H and O–H groups in total. The molecule has 7 heteroatoms. The quantitative estimate of drug-likeness (QED) is 0.279. The minimum Gasteiger partial charge on any atom is -0.469 e. The second-order valence-corrected chi connectivity index (χ2v) is 7.27. The van der Waals surface area contributed by atoms with Gasteiger partial charge in [-0.3, -0.25) is 0 Å². The number of guanidine groups is 1. The highest BCUT2D eigenvalue weighted by atomic mass is 127. The van der Waals surface area contributed by atoms with Crippen LogP contribution in [0.25, 0.3) is 0 Å². The van der Waals surface area contributed by atoms with Gasteiger partial charge in [-0.05, 0) is 24.6 Å². The highest BCUT2D eigenvalue weighted by Gasteiger charge is 2.03. The first-order valence-corrected chi connectivity index (χ1v) is 9.61. The molecule has 144 valence electrons. The number of nitrogens with zero attached hydrogens (tertiary/aromatic N) is 2. The lowest BCUT2D eigenvalue weighted by molar-refractivity contribution is 0.506. The van der Waals surface area contributed by atoms with Gasteiger partial charge < -0.3 is 15.1 Å². The Hall–Kier alpha value is -1.87. The van der Waals surface area contributed by atoms with Gasteiger partial charge in [-0.25, -0.2) is 9.98 Å². The summed E-state index contributed by atoms with van der Waals surface area (Å²) >= 11 is 1.74. The number of hydrogen-bond acceptors (Lipinski definition) is 4. The number of furan rings is 1. The topological polar surface area (TPSA) is 62.5 Å². The Labute approximate surface area is 181 Å². The van der Waals surface area contributed by atoms with Crippen LogP contribution in [0.5, 0.6) is 0 Å². The number of thiazole rings is 1. The summed E-state index contributed by atoms with van der Waals surface area (Å²) < 4.78 is 5.38. The van der Waals surface area contributed by atoms with E-state index in [2.05, 4.69) is 34.7 Å². The fourth-order valence-corrected chi connectivity index (χ4v) is 3.28. The van der Waals surface area contributed by atoms with E-state index in [4.69, 9.17) is 9.41 Å². The van der Waals surface area contributed by atoms with Crippen molar-refractivity contribution in [1.29, 1.82) is 0 Å². The lowest BCUT2D eigenvalue weighted by atomic mass is 10.2. The smallest absolute Gasteiger partial charge is 0.191 e. The zero-order valence-electron chi connectivity index (χ0n) is 15.4. The van der Waals surface area contributed by atoms with Crippen LogP contribution in [-0.2, 0) is 19.4 Å². The highest BCUT2D eigenvalue weighted by Crippen LogP contribution is 2.11. The molecule has 0 bridgehead atoms. The summed E-state index contributed by atoms with van der Waals surface area (Å²) in [6.07, 6.45) is 5.34. The molecule has 3 rings (SSSR count). The zero-order valence-corrected chi connectivity index (χ0v) is 18.5. The minimum absolute atomic E-state index is 0. The third-order valence-electron chi connectivity index (χ3n) is 3.81. The molecule has 0 saturated heterocycles. The van der Waals surface area contributed by atoms with Gasteiger partial charge in [-0.2, -0.15) is 0 Å². The van der Waals surface area contributed by atoms with Crippen molar-refractivity contribution in [3.8, 4) is 0 Å². The largest absolute Gasteiger partial charge is 0.469 e. The van der Waals surface area contributed by atoms with E-state index in [-0.39, 0.29) is 24.0 Å². The molecule has 2 aromatic heterocycles. The van der Waals surface area contributed by atoms with Crippen molar-refractivity contribution in [2.24, 2.45) is 4.99 Å². The van der Waals surface area contributed by atoms with Crippen LogP contribution in [0.3, 0.4) is 0 Å². The molecule has 0 aliphatic rings. The summed E-state index contributed by atoms with van der Waals surface area (Å²) in [6.45, 7) is 4.30. The van der Waals surface area contributed by atoms with Crippen LogP contribution >= 0.6 is 35.3 Å². The monoisotopic (exact) mass is 496 g/mol. The molecular formula is C20H25IN4OS. The van der Waals surface area contributed by atoms with E-state index < -0.39 is 0 Å². The molecule has 0 aliphatic carbocycles. The average Bonchev–Trinajstić information content (AvgIpc) is 3.32. The van der Waals surface area contributed by atoms with E-state index >= 15 is 0 Å². The van der Waals surface area contributed by atoms with Gasteiger partial charge in [-0.15, -0.1) is 35.3 Å². The molecule has 0 amide bonds. The molecular weight excluding hydrogens is 471 g/mol. The van der Waals surface area contributed by atoms with E-state index in [1.165, 1.54) is 10.4 Å². The molecule has 0 saturated carbocycles. The van der Waals surface area contributed by atoms with Crippen LogP contribution in [0.15, 0.2) is 64.3 Å². The van der Waals surface area contributed by atoms with Gasteiger partial charge in [0.25, 0.3) is 0 Å². The summed E-state index contributed by atoms with van der Waals surface area (Å²) in [6, 6.07) is 14.2. The van der Waals surface area contributed by atoms with Crippen LogP contribution in [0, 0.1) is 6.92 Å². The van der Waals surface area contributed by atoms with Crippen molar-refractivity contribution in [1.82, 2.24) is 15.6 Å². The standard InChI is InChI=1S/C20H24N4OS.HI/c1-16-14-23-19(26-16)10-12-22-20(21-11-9-18-8-5-13-25-18)24-15-17-6-3-2-4-7-17;/h2-8,13-14H,9-12,15H2,1H3,(H2,21,22,24);1H. The van der Waals surface area contributed by atoms with E-state index in [0.717, 1.165) is 42.7 Å². The summed E-state index contributed by atoms with van der Waals surface area (Å²) in [7, 11) is 0. The predicted molar refractivity (Wildman–Crippen MR) is 122 cm³/mol. The first kappa shape index (κ1) is 21.4. The van der Waals surface area contributed by atoms with Crippen LogP contribution in [0.1, 0.15) is 21.2 Å². The van der Waals surface area contributed by atoms with E-state index in [9.17, 15) is 0 Å². The van der Waals surface area contributed by atoms with Gasteiger partial charge in [0.15, 0.2) is 5.96 Å². The number of rotatable bonds is 8. The Morgan fingerprint density at radius 2 is 1.85 bits per heavy atom. The number of hydrogen-bond donors (Lipinski definition) is 2. The summed E-state index contributed by atoms with van der Waals surface area (Å²) in [4.78, 5) is 10.3. The van der Waals surface area contributed by atoms with Gasteiger partial charge in [0.2, 0.25) is 0 Å². The van der Waals surface area contributed by atoms with Gasteiger partial charge in [0.05, 0.1) is 17.8 Å². The maximum absolute atomic E-state index is 5.38. The first-order valence-electron chi connectivity index (χ1n) is 8.79. The van der Waals surface area contributed by atoms with Gasteiger partial charge in [-0.1, -0.05) is 30.3 Å². The van der Waals surface area contributed by atoms with Crippen molar-refractivity contribution < 1.29 is 4.42 Å². The highest BCUT2D eigenvalue weighted by molar-refractivity contribution is 14.0. The third kappa shape index (κ3) is 7.72. The van der Waals surface area contributed by atoms with Crippen molar-refractivity contribution >= 4 is 41.3 Å². The molecule has 0 radical (unpaired) electrons. The molecule has 0 fully saturated rings. The number of aryl methyl sites for hydroxylation is 1. The maximum atomic E-state index is 5.38. The van der Waals surface area contributed by atoms with Gasteiger partial charge in [0, 0.05) is 37.0 Å². The zero-order chi connectivity index (χ0) is 18.0. The normalized spacial score (nSPS) is 11.1. The molecule has 0 atom stereocenters. The predicted octanol–water partition coefficient (Wildman–Crippen LogP) is 4.18. The van der Waals surface area contributed by atoms with Gasteiger partial charge in [0.1, 0.15) is 5.76 Å². The maximum Gasteiger partial charge on any atom is 0.191 e. The molecule has 0 spiro atoms. The Bertz CT molecular complexity index is 803. The molecule has 0 unspecified atom stereocenters. The number of halogens is 1. The molecule has 5 nitrogen and oxygen atoms in total. The van der Waals surface area contributed by atoms with Crippen molar-refractivity contribution in [3.05, 3.63) is 76.1 Å². The molecule has 0 aliphatic heterocycles. The second-order valence-electron chi connectivity index (χ2n) is 5.95. The Balaban J connectivity index is 0.00000261. The summed E-state index contributed by atoms with van der Waals surface area (Å²) in [5, 5.41) is 7.93.